The van der Waals surface area contributed by atoms with Crippen LogP contribution < -0.4 is 4.74 Å². The number of pyridine rings is 1. The molecule has 2 aromatic rings. The Morgan fingerprint density at radius 2 is 2.00 bits per heavy atom. The largest absolute Gasteiger partial charge is 0.494 e. The summed E-state index contributed by atoms with van der Waals surface area (Å²) in [7, 11) is 1.52. The summed E-state index contributed by atoms with van der Waals surface area (Å²) in [4.78, 5) is 33.6. The fourth-order valence-electron chi connectivity index (χ4n) is 3.42. The maximum atomic E-state index is 13.0. The monoisotopic (exact) mass is 367 g/mol. The molecule has 0 spiro atoms. The quantitative estimate of drug-likeness (QED) is 0.815. The summed E-state index contributed by atoms with van der Waals surface area (Å²) in [5, 5.41) is 0. The first kappa shape index (κ1) is 18.9. The summed E-state index contributed by atoms with van der Waals surface area (Å²) in [5.74, 6) is 0.335. The fraction of sp³-hybridized carbons (Fsp3) is 0.381. The van der Waals surface area contributed by atoms with E-state index in [1.165, 1.54) is 7.11 Å². The fourth-order valence-corrected chi connectivity index (χ4v) is 3.42. The van der Waals surface area contributed by atoms with Crippen molar-refractivity contribution in [3.8, 4) is 5.75 Å². The van der Waals surface area contributed by atoms with Gasteiger partial charge in [0.05, 0.1) is 7.11 Å². The van der Waals surface area contributed by atoms with Gasteiger partial charge in [0.15, 0.2) is 5.69 Å². The van der Waals surface area contributed by atoms with Crippen LogP contribution >= 0.6 is 0 Å². The molecule has 6 heteroatoms. The number of ether oxygens (including phenoxy) is 1. The highest BCUT2D eigenvalue weighted by Gasteiger charge is 2.32. The Morgan fingerprint density at radius 1 is 1.22 bits per heavy atom. The molecular weight excluding hydrogens is 342 g/mol. The van der Waals surface area contributed by atoms with Crippen molar-refractivity contribution in [3.63, 3.8) is 0 Å². The second kappa shape index (κ2) is 8.66. The zero-order valence-electron chi connectivity index (χ0n) is 15.8. The van der Waals surface area contributed by atoms with Crippen molar-refractivity contribution >= 4 is 11.8 Å². The molecule has 1 saturated heterocycles. The molecule has 142 valence electrons. The minimum Gasteiger partial charge on any atom is -0.494 e. The van der Waals surface area contributed by atoms with Gasteiger partial charge in [0.25, 0.3) is 5.91 Å². The third-order valence-corrected chi connectivity index (χ3v) is 4.94. The van der Waals surface area contributed by atoms with Gasteiger partial charge in [-0.25, -0.2) is 4.98 Å². The molecule has 0 N–H and O–H groups in total. The molecule has 27 heavy (non-hydrogen) atoms. The highest BCUT2D eigenvalue weighted by molar-refractivity contribution is 5.95. The van der Waals surface area contributed by atoms with Crippen LogP contribution in [0.2, 0.25) is 0 Å². The SMILES string of the molecule is CCC1CN(C(=O)c2ncccc2OC)CCC(=O)N1Cc1ccccc1. The number of nitrogens with zero attached hydrogens (tertiary/aromatic N) is 3. The first-order chi connectivity index (χ1) is 13.1. The Balaban J connectivity index is 1.81. The molecule has 1 aromatic carbocycles. The van der Waals surface area contributed by atoms with E-state index in [2.05, 4.69) is 4.98 Å². The molecule has 1 aliphatic heterocycles. The van der Waals surface area contributed by atoms with Crippen molar-refractivity contribution in [1.82, 2.24) is 14.8 Å². The Bertz CT molecular complexity index is 794. The molecule has 0 aliphatic carbocycles. The average molecular weight is 367 g/mol. The molecule has 2 amide bonds. The van der Waals surface area contributed by atoms with Crippen molar-refractivity contribution in [2.75, 3.05) is 20.2 Å². The molecule has 0 radical (unpaired) electrons. The number of carbonyl (C=O) groups excluding carboxylic acids is 2. The zero-order valence-corrected chi connectivity index (χ0v) is 15.8. The van der Waals surface area contributed by atoms with Crippen LogP contribution in [0.15, 0.2) is 48.7 Å². The van der Waals surface area contributed by atoms with Gasteiger partial charge in [0, 0.05) is 38.3 Å². The lowest BCUT2D eigenvalue weighted by Crippen LogP contribution is -2.44. The van der Waals surface area contributed by atoms with E-state index in [0.717, 1.165) is 12.0 Å². The molecule has 2 heterocycles. The van der Waals surface area contributed by atoms with E-state index in [-0.39, 0.29) is 17.9 Å². The molecule has 0 saturated carbocycles. The van der Waals surface area contributed by atoms with Crippen LogP contribution in [0.4, 0.5) is 0 Å². The highest BCUT2D eigenvalue weighted by atomic mass is 16.5. The molecular formula is C21H25N3O3. The minimum absolute atomic E-state index is 0.0288. The summed E-state index contributed by atoms with van der Waals surface area (Å²) in [6.45, 7) is 3.49. The number of hydrogen-bond acceptors (Lipinski definition) is 4. The number of hydrogen-bond donors (Lipinski definition) is 0. The van der Waals surface area contributed by atoms with E-state index in [4.69, 9.17) is 4.74 Å². The Kier molecular flexibility index (Phi) is 6.06. The molecule has 1 aromatic heterocycles. The van der Waals surface area contributed by atoms with Gasteiger partial charge in [0.2, 0.25) is 5.91 Å². The highest BCUT2D eigenvalue weighted by Crippen LogP contribution is 2.22. The molecule has 1 unspecified atom stereocenters. The van der Waals surface area contributed by atoms with Gasteiger partial charge < -0.3 is 14.5 Å². The van der Waals surface area contributed by atoms with Crippen molar-refractivity contribution in [2.45, 2.75) is 32.4 Å². The Morgan fingerprint density at radius 3 is 2.70 bits per heavy atom. The first-order valence-corrected chi connectivity index (χ1v) is 9.25. The third-order valence-electron chi connectivity index (χ3n) is 4.94. The first-order valence-electron chi connectivity index (χ1n) is 9.25. The smallest absolute Gasteiger partial charge is 0.276 e. The van der Waals surface area contributed by atoms with Crippen molar-refractivity contribution in [2.24, 2.45) is 0 Å². The summed E-state index contributed by atoms with van der Waals surface area (Å²) in [6.07, 6.45) is 2.67. The molecule has 1 fully saturated rings. The second-order valence-corrected chi connectivity index (χ2v) is 6.62. The summed E-state index contributed by atoms with van der Waals surface area (Å²) in [5.41, 5.74) is 1.38. The maximum Gasteiger partial charge on any atom is 0.276 e. The number of rotatable bonds is 5. The van der Waals surface area contributed by atoms with Gasteiger partial charge in [0.1, 0.15) is 5.75 Å². The summed E-state index contributed by atoms with van der Waals surface area (Å²) in [6, 6.07) is 13.4. The number of benzene rings is 1. The van der Waals surface area contributed by atoms with Crippen molar-refractivity contribution in [1.29, 1.82) is 0 Å². The number of amides is 2. The van der Waals surface area contributed by atoms with E-state index in [0.29, 0.717) is 37.5 Å². The van der Waals surface area contributed by atoms with Gasteiger partial charge >= 0.3 is 0 Å². The maximum absolute atomic E-state index is 13.0. The van der Waals surface area contributed by atoms with Crippen LogP contribution in [0.1, 0.15) is 35.8 Å². The zero-order chi connectivity index (χ0) is 19.2. The number of aromatic nitrogens is 1. The number of carbonyl (C=O) groups is 2. The van der Waals surface area contributed by atoms with Crippen LogP contribution in [0.25, 0.3) is 0 Å². The summed E-state index contributed by atoms with van der Waals surface area (Å²) < 4.78 is 5.28. The molecule has 1 atom stereocenters. The third kappa shape index (κ3) is 4.27. The van der Waals surface area contributed by atoms with Crippen molar-refractivity contribution in [3.05, 3.63) is 59.9 Å². The van der Waals surface area contributed by atoms with Crippen LogP contribution in [0.5, 0.6) is 5.75 Å². The average Bonchev–Trinajstić information content (AvgIpc) is 2.87. The van der Waals surface area contributed by atoms with E-state index < -0.39 is 0 Å². The lowest BCUT2D eigenvalue weighted by Gasteiger charge is -2.31. The van der Waals surface area contributed by atoms with Crippen LogP contribution in [-0.4, -0.2) is 52.8 Å². The molecule has 1 aliphatic rings. The van der Waals surface area contributed by atoms with Gasteiger partial charge in [-0.15, -0.1) is 0 Å². The van der Waals surface area contributed by atoms with E-state index in [1.54, 1.807) is 23.2 Å². The van der Waals surface area contributed by atoms with Crippen LogP contribution in [-0.2, 0) is 11.3 Å². The van der Waals surface area contributed by atoms with Gasteiger partial charge in [-0.3, -0.25) is 9.59 Å². The van der Waals surface area contributed by atoms with E-state index in [9.17, 15) is 9.59 Å². The standard InChI is InChI=1S/C21H25N3O3/c1-3-17-15-23(21(26)20-18(27-2)10-7-12-22-20)13-11-19(25)24(17)14-16-8-5-4-6-9-16/h4-10,12,17H,3,11,13-15H2,1-2H3. The normalized spacial score (nSPS) is 17.6. The van der Waals surface area contributed by atoms with E-state index >= 15 is 0 Å². The van der Waals surface area contributed by atoms with Gasteiger partial charge in [-0.2, -0.15) is 0 Å². The predicted molar refractivity (Wildman–Crippen MR) is 102 cm³/mol. The predicted octanol–water partition coefficient (Wildman–Crippen LogP) is 2.74. The topological polar surface area (TPSA) is 62.7 Å². The van der Waals surface area contributed by atoms with Crippen molar-refractivity contribution < 1.29 is 14.3 Å². The Labute approximate surface area is 159 Å². The van der Waals surface area contributed by atoms with E-state index in [1.807, 2.05) is 42.2 Å². The lowest BCUT2D eigenvalue weighted by molar-refractivity contribution is -0.133. The molecule has 0 bridgehead atoms. The van der Waals surface area contributed by atoms with Crippen LogP contribution in [0.3, 0.4) is 0 Å². The summed E-state index contributed by atoms with van der Waals surface area (Å²) >= 11 is 0. The van der Waals surface area contributed by atoms with Gasteiger partial charge in [-0.1, -0.05) is 37.3 Å². The molecule has 3 rings (SSSR count). The molecule has 6 nitrogen and oxygen atoms in total. The van der Waals surface area contributed by atoms with Gasteiger partial charge in [-0.05, 0) is 24.1 Å². The van der Waals surface area contributed by atoms with Crippen LogP contribution in [0, 0.1) is 0 Å². The Hall–Kier alpha value is -2.89. The lowest BCUT2D eigenvalue weighted by atomic mass is 10.1. The second-order valence-electron chi connectivity index (χ2n) is 6.62. The number of methoxy groups -OCH3 is 1. The minimum atomic E-state index is -0.194.